The highest BCUT2D eigenvalue weighted by Crippen LogP contribution is 2.30. The molecule has 0 saturated heterocycles. The third-order valence-corrected chi connectivity index (χ3v) is 4.33. The van der Waals surface area contributed by atoms with E-state index < -0.39 is 0 Å². The van der Waals surface area contributed by atoms with E-state index in [1.165, 1.54) is 12.5 Å². The number of rotatable bonds is 11. The highest BCUT2D eigenvalue weighted by molar-refractivity contribution is 5.98. The minimum absolute atomic E-state index is 0.238. The van der Waals surface area contributed by atoms with E-state index in [-0.39, 0.29) is 17.7 Å². The summed E-state index contributed by atoms with van der Waals surface area (Å²) in [6.45, 7) is 4.45. The van der Waals surface area contributed by atoms with E-state index >= 15 is 0 Å². The van der Waals surface area contributed by atoms with E-state index in [9.17, 15) is 9.59 Å². The van der Waals surface area contributed by atoms with Gasteiger partial charge in [0.1, 0.15) is 5.75 Å². The Labute approximate surface area is 143 Å². The minimum atomic E-state index is -0.363. The highest BCUT2D eigenvalue weighted by atomic mass is 16.5. The van der Waals surface area contributed by atoms with Crippen LogP contribution in [0.25, 0.3) is 0 Å². The first-order chi connectivity index (χ1) is 11.7. The molecular formula is C20H26O4. The van der Waals surface area contributed by atoms with Crippen LogP contribution in [0.1, 0.15) is 55.3 Å². The van der Waals surface area contributed by atoms with Crippen molar-refractivity contribution in [3.63, 3.8) is 0 Å². The molecule has 0 amide bonds. The van der Waals surface area contributed by atoms with E-state index in [0.29, 0.717) is 13.2 Å². The maximum absolute atomic E-state index is 12.1. The molecule has 1 aromatic carbocycles. The number of ether oxygens (including phenoxy) is 2. The standard InChI is InChI=1S/C20H26O4/c1-2-19(21)24-15-6-4-3-5-14-23-18-12-10-17(11-13-18)20(22)16-8-7-9-16/h2,10-13,16H,1,3-9,14-15H2. The summed E-state index contributed by atoms with van der Waals surface area (Å²) in [6, 6.07) is 7.48. The summed E-state index contributed by atoms with van der Waals surface area (Å²) in [4.78, 5) is 23.0. The van der Waals surface area contributed by atoms with Gasteiger partial charge >= 0.3 is 5.97 Å². The molecule has 130 valence electrons. The molecule has 0 unspecified atom stereocenters. The fourth-order valence-electron chi connectivity index (χ4n) is 2.60. The number of hydrogen-bond acceptors (Lipinski definition) is 4. The van der Waals surface area contributed by atoms with Gasteiger partial charge < -0.3 is 9.47 Å². The van der Waals surface area contributed by atoms with E-state index in [2.05, 4.69) is 6.58 Å². The Kier molecular flexibility index (Phi) is 7.53. The first kappa shape index (κ1) is 18.2. The lowest BCUT2D eigenvalue weighted by atomic mass is 9.80. The number of benzene rings is 1. The average Bonchev–Trinajstić information content (AvgIpc) is 2.55. The molecule has 24 heavy (non-hydrogen) atoms. The number of Topliss-reactive ketones (excluding diaryl/α,β-unsaturated/α-hetero) is 1. The number of carbonyl (C=O) groups is 2. The number of carbonyl (C=O) groups excluding carboxylic acids is 2. The molecular weight excluding hydrogens is 304 g/mol. The van der Waals surface area contributed by atoms with Crippen molar-refractivity contribution in [3.8, 4) is 5.75 Å². The molecule has 0 atom stereocenters. The van der Waals surface area contributed by atoms with E-state index in [1.54, 1.807) is 0 Å². The molecule has 0 heterocycles. The molecule has 1 aliphatic carbocycles. The maximum atomic E-state index is 12.1. The Morgan fingerprint density at radius 3 is 2.29 bits per heavy atom. The smallest absolute Gasteiger partial charge is 0.330 e. The van der Waals surface area contributed by atoms with Crippen LogP contribution in [0.4, 0.5) is 0 Å². The van der Waals surface area contributed by atoms with Crippen molar-refractivity contribution in [1.82, 2.24) is 0 Å². The molecule has 4 heteroatoms. The van der Waals surface area contributed by atoms with Gasteiger partial charge in [-0.05, 0) is 62.8 Å². The van der Waals surface area contributed by atoms with Gasteiger partial charge in [-0.2, -0.15) is 0 Å². The summed E-state index contributed by atoms with van der Waals surface area (Å²) in [5, 5.41) is 0. The molecule has 4 nitrogen and oxygen atoms in total. The van der Waals surface area contributed by atoms with Crippen molar-refractivity contribution in [3.05, 3.63) is 42.5 Å². The second kappa shape index (κ2) is 9.91. The molecule has 0 spiro atoms. The van der Waals surface area contributed by atoms with Gasteiger partial charge in [-0.15, -0.1) is 0 Å². The topological polar surface area (TPSA) is 52.6 Å². The zero-order valence-electron chi connectivity index (χ0n) is 14.2. The third-order valence-electron chi connectivity index (χ3n) is 4.33. The molecule has 1 fully saturated rings. The molecule has 1 aliphatic rings. The molecule has 2 rings (SSSR count). The van der Waals surface area contributed by atoms with Crippen LogP contribution in [-0.2, 0) is 9.53 Å². The fraction of sp³-hybridized carbons (Fsp3) is 0.500. The van der Waals surface area contributed by atoms with Crippen molar-refractivity contribution < 1.29 is 19.1 Å². The van der Waals surface area contributed by atoms with Crippen LogP contribution in [0.2, 0.25) is 0 Å². The number of esters is 1. The average molecular weight is 330 g/mol. The van der Waals surface area contributed by atoms with Gasteiger partial charge in [0, 0.05) is 17.6 Å². The number of unbranched alkanes of at least 4 members (excludes halogenated alkanes) is 3. The van der Waals surface area contributed by atoms with Crippen molar-refractivity contribution in [2.24, 2.45) is 5.92 Å². The Morgan fingerprint density at radius 1 is 1.04 bits per heavy atom. The van der Waals surface area contributed by atoms with Crippen molar-refractivity contribution in [1.29, 1.82) is 0 Å². The summed E-state index contributed by atoms with van der Waals surface area (Å²) >= 11 is 0. The third kappa shape index (κ3) is 5.84. The lowest BCUT2D eigenvalue weighted by Crippen LogP contribution is -2.21. The minimum Gasteiger partial charge on any atom is -0.494 e. The van der Waals surface area contributed by atoms with Gasteiger partial charge in [0.25, 0.3) is 0 Å². The second-order valence-electron chi connectivity index (χ2n) is 6.15. The predicted molar refractivity (Wildman–Crippen MR) is 93.2 cm³/mol. The summed E-state index contributed by atoms with van der Waals surface area (Å²) in [5.74, 6) is 0.949. The van der Waals surface area contributed by atoms with Gasteiger partial charge in [-0.25, -0.2) is 4.79 Å². The lowest BCUT2D eigenvalue weighted by molar-refractivity contribution is -0.137. The monoisotopic (exact) mass is 330 g/mol. The second-order valence-corrected chi connectivity index (χ2v) is 6.15. The molecule has 0 aromatic heterocycles. The van der Waals surface area contributed by atoms with Crippen molar-refractivity contribution in [2.45, 2.75) is 44.9 Å². The Bertz CT molecular complexity index is 543. The van der Waals surface area contributed by atoms with Gasteiger partial charge in [-0.1, -0.05) is 13.0 Å². The quantitative estimate of drug-likeness (QED) is 0.262. The van der Waals surface area contributed by atoms with Crippen molar-refractivity contribution >= 4 is 11.8 Å². The lowest BCUT2D eigenvalue weighted by Gasteiger charge is -2.23. The largest absolute Gasteiger partial charge is 0.494 e. The molecule has 0 bridgehead atoms. The van der Waals surface area contributed by atoms with Crippen LogP contribution in [0.5, 0.6) is 5.75 Å². The molecule has 0 N–H and O–H groups in total. The van der Waals surface area contributed by atoms with Crippen LogP contribution >= 0.6 is 0 Å². The van der Waals surface area contributed by atoms with Crippen LogP contribution in [0, 0.1) is 5.92 Å². The number of hydrogen-bond donors (Lipinski definition) is 0. The molecule has 0 aliphatic heterocycles. The van der Waals surface area contributed by atoms with Gasteiger partial charge in [0.2, 0.25) is 0 Å². The van der Waals surface area contributed by atoms with E-state index in [1.807, 2.05) is 24.3 Å². The van der Waals surface area contributed by atoms with Crippen LogP contribution in [0.3, 0.4) is 0 Å². The van der Waals surface area contributed by atoms with Gasteiger partial charge in [0.05, 0.1) is 13.2 Å². The number of ketones is 1. The normalized spacial score (nSPS) is 13.8. The molecule has 1 aromatic rings. The SMILES string of the molecule is C=CC(=O)OCCCCCCOc1ccc(C(=O)C2CCC2)cc1. The highest BCUT2D eigenvalue weighted by Gasteiger charge is 2.25. The van der Waals surface area contributed by atoms with Crippen LogP contribution < -0.4 is 4.74 Å². The van der Waals surface area contributed by atoms with E-state index in [0.717, 1.165) is 49.8 Å². The fourth-order valence-corrected chi connectivity index (χ4v) is 2.60. The summed E-state index contributed by atoms with van der Waals surface area (Å²) in [6.07, 6.45) is 8.27. The Hall–Kier alpha value is -2.10. The Balaban J connectivity index is 1.55. The molecule has 1 saturated carbocycles. The first-order valence-corrected chi connectivity index (χ1v) is 8.77. The summed E-state index contributed by atoms with van der Waals surface area (Å²) in [7, 11) is 0. The van der Waals surface area contributed by atoms with Crippen molar-refractivity contribution in [2.75, 3.05) is 13.2 Å². The van der Waals surface area contributed by atoms with Crippen LogP contribution in [0.15, 0.2) is 36.9 Å². The summed E-state index contributed by atoms with van der Waals surface area (Å²) < 4.78 is 10.6. The van der Waals surface area contributed by atoms with Gasteiger partial charge in [0.15, 0.2) is 5.78 Å². The van der Waals surface area contributed by atoms with E-state index in [4.69, 9.17) is 9.47 Å². The van der Waals surface area contributed by atoms with Gasteiger partial charge in [-0.3, -0.25) is 4.79 Å². The van der Waals surface area contributed by atoms with Crippen LogP contribution in [-0.4, -0.2) is 25.0 Å². The summed E-state index contributed by atoms with van der Waals surface area (Å²) in [5.41, 5.74) is 0.793. The predicted octanol–water partition coefficient (Wildman–Crippen LogP) is 4.34. The molecule has 0 radical (unpaired) electrons. The maximum Gasteiger partial charge on any atom is 0.330 e. The zero-order chi connectivity index (χ0) is 17.2. The first-order valence-electron chi connectivity index (χ1n) is 8.77. The Morgan fingerprint density at radius 2 is 1.71 bits per heavy atom. The zero-order valence-corrected chi connectivity index (χ0v) is 14.2.